The van der Waals surface area contributed by atoms with Crippen molar-refractivity contribution in [2.75, 3.05) is 19.7 Å². The number of piperidine rings is 1. The SMILES string of the molecule is CC(Oc1c(F)cc(F)cc1F)C1CCN(C(=O)C[C@H]2C[C@@](CO)(NC=O)C2)CC1. The first-order valence-corrected chi connectivity index (χ1v) is 10.2. The topological polar surface area (TPSA) is 78.9 Å². The average Bonchev–Trinajstić information content (AvgIpc) is 2.68. The summed E-state index contributed by atoms with van der Waals surface area (Å²) < 4.78 is 46.1. The molecule has 1 saturated heterocycles. The van der Waals surface area contributed by atoms with Crippen LogP contribution in [0.1, 0.15) is 39.0 Å². The van der Waals surface area contributed by atoms with Crippen molar-refractivity contribution in [2.24, 2.45) is 11.8 Å². The highest BCUT2D eigenvalue weighted by molar-refractivity contribution is 5.76. The van der Waals surface area contributed by atoms with Crippen molar-refractivity contribution in [3.63, 3.8) is 0 Å². The van der Waals surface area contributed by atoms with E-state index in [2.05, 4.69) is 5.32 Å². The van der Waals surface area contributed by atoms with E-state index in [1.54, 1.807) is 11.8 Å². The van der Waals surface area contributed by atoms with Gasteiger partial charge in [-0.25, -0.2) is 13.2 Å². The molecular formula is C21H27F3N2O4. The van der Waals surface area contributed by atoms with Crippen molar-refractivity contribution in [1.82, 2.24) is 10.2 Å². The zero-order valence-electron chi connectivity index (χ0n) is 16.9. The highest BCUT2D eigenvalue weighted by Gasteiger charge is 2.44. The summed E-state index contributed by atoms with van der Waals surface area (Å²) >= 11 is 0. The molecule has 6 nitrogen and oxygen atoms in total. The molecule has 1 aromatic rings. The van der Waals surface area contributed by atoms with Crippen molar-refractivity contribution in [2.45, 2.75) is 50.7 Å². The molecule has 2 amide bonds. The quantitative estimate of drug-likeness (QED) is 0.624. The van der Waals surface area contributed by atoms with Crippen LogP contribution in [-0.2, 0) is 9.59 Å². The Balaban J connectivity index is 1.45. The van der Waals surface area contributed by atoms with E-state index in [0.717, 1.165) is 0 Å². The van der Waals surface area contributed by atoms with E-state index in [0.29, 0.717) is 63.7 Å². The Kier molecular flexibility index (Phi) is 6.90. The first-order valence-electron chi connectivity index (χ1n) is 10.2. The summed E-state index contributed by atoms with van der Waals surface area (Å²) in [7, 11) is 0. The number of carbonyl (C=O) groups is 2. The molecule has 2 N–H and O–H groups in total. The maximum Gasteiger partial charge on any atom is 0.222 e. The van der Waals surface area contributed by atoms with Gasteiger partial charge in [0.1, 0.15) is 5.82 Å². The Hall–Kier alpha value is -2.29. The normalized spacial score (nSPS) is 25.4. The Bertz CT molecular complexity index is 755. The first-order chi connectivity index (χ1) is 14.3. The van der Waals surface area contributed by atoms with Crippen LogP contribution in [0.5, 0.6) is 5.75 Å². The number of nitrogens with one attached hydrogen (secondary N) is 1. The molecule has 3 rings (SSSR count). The fourth-order valence-electron chi connectivity index (χ4n) is 4.53. The van der Waals surface area contributed by atoms with Crippen molar-refractivity contribution < 1.29 is 32.6 Å². The third-order valence-corrected chi connectivity index (χ3v) is 6.31. The monoisotopic (exact) mass is 428 g/mol. The van der Waals surface area contributed by atoms with Crippen LogP contribution in [0.3, 0.4) is 0 Å². The van der Waals surface area contributed by atoms with Crippen LogP contribution in [0.25, 0.3) is 0 Å². The number of hydrogen-bond acceptors (Lipinski definition) is 4. The smallest absolute Gasteiger partial charge is 0.222 e. The molecular weight excluding hydrogens is 401 g/mol. The van der Waals surface area contributed by atoms with Gasteiger partial charge in [-0.1, -0.05) is 0 Å². The number of aliphatic hydroxyl groups is 1. The molecule has 9 heteroatoms. The molecule has 166 valence electrons. The van der Waals surface area contributed by atoms with Crippen molar-refractivity contribution in [3.05, 3.63) is 29.6 Å². The van der Waals surface area contributed by atoms with E-state index in [4.69, 9.17) is 4.74 Å². The fourth-order valence-corrected chi connectivity index (χ4v) is 4.53. The van der Waals surface area contributed by atoms with Crippen LogP contribution in [-0.4, -0.2) is 53.7 Å². The summed E-state index contributed by atoms with van der Waals surface area (Å²) in [6.07, 6.45) is 2.87. The molecule has 1 atom stereocenters. The molecule has 1 heterocycles. The molecule has 1 aliphatic carbocycles. The van der Waals surface area contributed by atoms with Gasteiger partial charge in [0.25, 0.3) is 0 Å². The Morgan fingerprint density at radius 3 is 2.43 bits per heavy atom. The number of halogens is 3. The minimum atomic E-state index is -1.07. The van der Waals surface area contributed by atoms with Gasteiger partial charge in [0.15, 0.2) is 17.4 Å². The summed E-state index contributed by atoms with van der Waals surface area (Å²) in [5.41, 5.74) is -0.600. The van der Waals surface area contributed by atoms with Gasteiger partial charge in [-0.05, 0) is 44.4 Å². The van der Waals surface area contributed by atoms with Gasteiger partial charge in [-0.2, -0.15) is 0 Å². The second-order valence-electron chi connectivity index (χ2n) is 8.42. The van der Waals surface area contributed by atoms with E-state index in [9.17, 15) is 27.9 Å². The van der Waals surface area contributed by atoms with Crippen molar-refractivity contribution >= 4 is 12.3 Å². The Labute approximate surface area is 173 Å². The molecule has 1 unspecified atom stereocenters. The molecule has 0 bridgehead atoms. The van der Waals surface area contributed by atoms with Gasteiger partial charge < -0.3 is 20.1 Å². The Morgan fingerprint density at radius 2 is 1.90 bits per heavy atom. The number of nitrogens with zero attached hydrogens (tertiary/aromatic N) is 1. The Morgan fingerprint density at radius 1 is 1.30 bits per heavy atom. The van der Waals surface area contributed by atoms with E-state index in [-0.39, 0.29) is 24.3 Å². The number of hydrogen-bond donors (Lipinski definition) is 2. The lowest BCUT2D eigenvalue weighted by molar-refractivity contribution is -0.135. The van der Waals surface area contributed by atoms with Crippen molar-refractivity contribution in [1.29, 1.82) is 0 Å². The third-order valence-electron chi connectivity index (χ3n) is 6.31. The van der Waals surface area contributed by atoms with Crippen LogP contribution in [0.15, 0.2) is 12.1 Å². The lowest BCUT2D eigenvalue weighted by Gasteiger charge is -2.46. The zero-order valence-corrected chi connectivity index (χ0v) is 16.9. The van der Waals surface area contributed by atoms with Gasteiger partial charge in [0, 0.05) is 31.6 Å². The minimum absolute atomic E-state index is 0.0143. The predicted octanol–water partition coefficient (Wildman–Crippen LogP) is 2.39. The van der Waals surface area contributed by atoms with E-state index in [1.165, 1.54) is 0 Å². The van der Waals surface area contributed by atoms with Crippen LogP contribution in [0.2, 0.25) is 0 Å². The summed E-state index contributed by atoms with van der Waals surface area (Å²) in [5, 5.41) is 12.0. The highest BCUT2D eigenvalue weighted by atomic mass is 19.1. The molecule has 0 spiro atoms. The lowest BCUT2D eigenvalue weighted by Crippen LogP contribution is -2.58. The summed E-state index contributed by atoms with van der Waals surface area (Å²) in [6.45, 7) is 2.62. The number of carbonyl (C=O) groups excluding carboxylic acids is 2. The second-order valence-corrected chi connectivity index (χ2v) is 8.42. The van der Waals surface area contributed by atoms with Gasteiger partial charge in [-0.15, -0.1) is 0 Å². The maximum absolute atomic E-state index is 13.8. The highest BCUT2D eigenvalue weighted by Crippen LogP contribution is 2.40. The zero-order chi connectivity index (χ0) is 21.9. The molecule has 2 fully saturated rings. The molecule has 1 aromatic carbocycles. The molecule has 2 aliphatic rings. The summed E-state index contributed by atoms with van der Waals surface area (Å²) in [6, 6.07) is 1.17. The third kappa shape index (κ3) is 4.88. The van der Waals surface area contributed by atoms with Gasteiger partial charge in [0.05, 0.1) is 18.2 Å². The molecule has 1 saturated carbocycles. The number of amides is 2. The standard InChI is InChI=1S/C21H27F3N2O4/c1-13(30-20-17(23)7-16(22)8-18(20)24)15-2-4-26(5-3-15)19(29)6-14-9-21(10-14,11-27)25-12-28/h7-8,12-15,27H,2-6,9-11H2,1H3,(H,25,28)/t13?,14-,21+. The van der Waals surface area contributed by atoms with E-state index >= 15 is 0 Å². The minimum Gasteiger partial charge on any atom is -0.484 e. The number of aliphatic hydroxyl groups excluding tert-OH is 1. The molecule has 0 aromatic heterocycles. The van der Waals surface area contributed by atoms with Crippen LogP contribution >= 0.6 is 0 Å². The predicted molar refractivity (Wildman–Crippen MR) is 102 cm³/mol. The molecule has 30 heavy (non-hydrogen) atoms. The van der Waals surface area contributed by atoms with Gasteiger partial charge in [-0.3, -0.25) is 9.59 Å². The number of rotatable bonds is 8. The lowest BCUT2D eigenvalue weighted by atomic mass is 9.67. The average molecular weight is 428 g/mol. The molecule has 1 aliphatic heterocycles. The largest absolute Gasteiger partial charge is 0.484 e. The van der Waals surface area contributed by atoms with Crippen LogP contribution in [0, 0.1) is 29.3 Å². The maximum atomic E-state index is 13.8. The van der Waals surface area contributed by atoms with Crippen LogP contribution < -0.4 is 10.1 Å². The van der Waals surface area contributed by atoms with E-state index in [1.807, 2.05) is 0 Å². The van der Waals surface area contributed by atoms with E-state index < -0.39 is 34.8 Å². The number of likely N-dealkylation sites (tertiary alicyclic amines) is 1. The summed E-state index contributed by atoms with van der Waals surface area (Å²) in [4.78, 5) is 25.0. The molecule has 0 radical (unpaired) electrons. The van der Waals surface area contributed by atoms with Crippen molar-refractivity contribution in [3.8, 4) is 5.75 Å². The first kappa shape index (κ1) is 22.4. The van der Waals surface area contributed by atoms with Gasteiger partial charge >= 0.3 is 0 Å². The number of ether oxygens (including phenoxy) is 1. The second kappa shape index (κ2) is 9.24. The van der Waals surface area contributed by atoms with Crippen LogP contribution in [0.4, 0.5) is 13.2 Å². The van der Waals surface area contributed by atoms with Gasteiger partial charge in [0.2, 0.25) is 12.3 Å². The summed E-state index contributed by atoms with van der Waals surface area (Å²) in [5.74, 6) is -3.56. The fraction of sp³-hybridized carbons (Fsp3) is 0.619. The number of benzene rings is 1.